The minimum absolute atomic E-state index is 0.304. The summed E-state index contributed by atoms with van der Waals surface area (Å²) in [7, 11) is 0. The first-order chi connectivity index (χ1) is 12.1. The van der Waals surface area contributed by atoms with Crippen LogP contribution in [0, 0.1) is 35.2 Å². The highest BCUT2D eigenvalue weighted by Gasteiger charge is 2.55. The Morgan fingerprint density at radius 1 is 1.04 bits per heavy atom. The molecule has 0 aromatic heterocycles. The van der Waals surface area contributed by atoms with Crippen molar-refractivity contribution in [3.63, 3.8) is 0 Å². The molecule has 1 atom stereocenters. The fourth-order valence-electron chi connectivity index (χ4n) is 5.29. The van der Waals surface area contributed by atoms with Crippen LogP contribution in [-0.2, 0) is 10.5 Å². The van der Waals surface area contributed by atoms with E-state index in [1.807, 2.05) is 0 Å². The van der Waals surface area contributed by atoms with E-state index in [1.54, 1.807) is 23.5 Å². The molecule has 1 heterocycles. The van der Waals surface area contributed by atoms with Crippen molar-refractivity contribution in [1.29, 1.82) is 0 Å². The molecule has 1 aromatic rings. The van der Waals surface area contributed by atoms with Gasteiger partial charge < -0.3 is 0 Å². The first-order valence-electron chi connectivity index (χ1n) is 9.51. The standard InChI is InChI=1S/C20H25F3S2/c1-2-3-12-4-6-13(7-5-12)15-10-14-11-16(21)18(22)19(23)17(14)20(15)24-8-9-25-20/h11-13,15H,2-10H2,1H3. The van der Waals surface area contributed by atoms with E-state index in [9.17, 15) is 13.2 Å². The normalized spacial score (nSPS) is 30.8. The highest BCUT2D eigenvalue weighted by Crippen LogP contribution is 2.65. The molecule has 138 valence electrons. The Morgan fingerprint density at radius 3 is 2.36 bits per heavy atom. The monoisotopic (exact) mass is 386 g/mol. The van der Waals surface area contributed by atoms with Crippen molar-refractivity contribution in [2.45, 2.75) is 55.9 Å². The van der Waals surface area contributed by atoms with Gasteiger partial charge in [-0.2, -0.15) is 0 Å². The molecule has 0 N–H and O–H groups in total. The zero-order chi connectivity index (χ0) is 17.6. The molecule has 0 amide bonds. The van der Waals surface area contributed by atoms with Gasteiger partial charge in [0.1, 0.15) is 0 Å². The molecule has 3 aliphatic rings. The second kappa shape index (κ2) is 7.03. The summed E-state index contributed by atoms with van der Waals surface area (Å²) >= 11 is 3.54. The van der Waals surface area contributed by atoms with E-state index in [4.69, 9.17) is 0 Å². The van der Waals surface area contributed by atoms with E-state index in [-0.39, 0.29) is 0 Å². The SMILES string of the molecule is CCCC1CCC(C2Cc3cc(F)c(F)c(F)c3C23SCCS3)CC1. The number of benzene rings is 1. The molecule has 2 fully saturated rings. The van der Waals surface area contributed by atoms with Crippen LogP contribution in [0.25, 0.3) is 0 Å². The van der Waals surface area contributed by atoms with Crippen LogP contribution >= 0.6 is 23.5 Å². The second-order valence-electron chi connectivity index (χ2n) is 7.76. The smallest absolute Gasteiger partial charge is 0.194 e. The van der Waals surface area contributed by atoms with Gasteiger partial charge in [0.05, 0.1) is 4.08 Å². The zero-order valence-corrected chi connectivity index (χ0v) is 16.3. The predicted molar refractivity (Wildman–Crippen MR) is 100 cm³/mol. The van der Waals surface area contributed by atoms with Gasteiger partial charge in [-0.3, -0.25) is 0 Å². The van der Waals surface area contributed by atoms with Crippen LogP contribution in [0.3, 0.4) is 0 Å². The van der Waals surface area contributed by atoms with Crippen molar-refractivity contribution in [2.75, 3.05) is 11.5 Å². The highest BCUT2D eigenvalue weighted by molar-refractivity contribution is 8.20. The molecule has 0 nitrogen and oxygen atoms in total. The van der Waals surface area contributed by atoms with Gasteiger partial charge in [0.25, 0.3) is 0 Å². The number of halogens is 3. The topological polar surface area (TPSA) is 0 Å². The third-order valence-corrected chi connectivity index (χ3v) is 10.0. The molecular formula is C20H25F3S2. The molecular weight excluding hydrogens is 361 g/mol. The summed E-state index contributed by atoms with van der Waals surface area (Å²) in [6.07, 6.45) is 8.11. The van der Waals surface area contributed by atoms with Crippen LogP contribution in [0.4, 0.5) is 13.2 Å². The lowest BCUT2D eigenvalue weighted by Crippen LogP contribution is -2.32. The number of thioether (sulfide) groups is 2. The molecule has 1 saturated carbocycles. The van der Waals surface area contributed by atoms with Crippen molar-refractivity contribution in [1.82, 2.24) is 0 Å². The Labute approximate surface area is 156 Å². The Bertz CT molecular complexity index is 647. The van der Waals surface area contributed by atoms with Gasteiger partial charge in [0, 0.05) is 17.1 Å². The number of fused-ring (bicyclic) bond motifs is 2. The average molecular weight is 387 g/mol. The molecule has 1 aliphatic heterocycles. The molecule has 1 saturated heterocycles. The molecule has 5 heteroatoms. The minimum atomic E-state index is -1.29. The van der Waals surface area contributed by atoms with Crippen molar-refractivity contribution < 1.29 is 13.2 Å². The summed E-state index contributed by atoms with van der Waals surface area (Å²) in [4.78, 5) is 0. The molecule has 4 rings (SSSR count). The quantitative estimate of drug-likeness (QED) is 0.543. The minimum Gasteiger partial charge on any atom is -0.204 e. The molecule has 1 aromatic carbocycles. The third-order valence-electron chi connectivity index (χ3n) is 6.39. The molecule has 0 bridgehead atoms. The fourth-order valence-corrected chi connectivity index (χ4v) is 9.11. The second-order valence-corrected chi connectivity index (χ2v) is 10.7. The van der Waals surface area contributed by atoms with Gasteiger partial charge in [0.15, 0.2) is 17.5 Å². The molecule has 25 heavy (non-hydrogen) atoms. The molecule has 0 radical (unpaired) electrons. The number of hydrogen-bond donors (Lipinski definition) is 0. The number of rotatable bonds is 3. The maximum Gasteiger partial charge on any atom is 0.194 e. The Balaban J connectivity index is 1.65. The molecule has 2 aliphatic carbocycles. The van der Waals surface area contributed by atoms with Gasteiger partial charge in [-0.25, -0.2) is 13.2 Å². The molecule has 1 spiro atoms. The van der Waals surface area contributed by atoms with Crippen LogP contribution in [0.15, 0.2) is 6.07 Å². The van der Waals surface area contributed by atoms with Crippen LogP contribution < -0.4 is 0 Å². The predicted octanol–water partition coefficient (Wildman–Crippen LogP) is 6.52. The van der Waals surface area contributed by atoms with E-state index in [0.717, 1.165) is 17.4 Å². The summed E-state index contributed by atoms with van der Waals surface area (Å²) < 4.78 is 42.1. The van der Waals surface area contributed by atoms with Gasteiger partial charge in [0.2, 0.25) is 0 Å². The maximum absolute atomic E-state index is 14.7. The van der Waals surface area contributed by atoms with E-state index < -0.39 is 21.5 Å². The third kappa shape index (κ3) is 2.93. The van der Waals surface area contributed by atoms with Crippen molar-refractivity contribution in [3.05, 3.63) is 34.6 Å². The Hall–Kier alpha value is -0.290. The highest BCUT2D eigenvalue weighted by atomic mass is 32.2. The van der Waals surface area contributed by atoms with Gasteiger partial charge in [-0.15, -0.1) is 23.5 Å². The van der Waals surface area contributed by atoms with E-state index >= 15 is 0 Å². The number of hydrogen-bond acceptors (Lipinski definition) is 2. The maximum atomic E-state index is 14.7. The van der Waals surface area contributed by atoms with Crippen molar-refractivity contribution in [2.24, 2.45) is 17.8 Å². The lowest BCUT2D eigenvalue weighted by atomic mass is 9.73. The van der Waals surface area contributed by atoms with E-state index in [0.29, 0.717) is 29.4 Å². The summed E-state index contributed by atoms with van der Waals surface area (Å²) in [5.74, 6) is 0.345. The first-order valence-corrected chi connectivity index (χ1v) is 11.5. The van der Waals surface area contributed by atoms with E-state index in [2.05, 4.69) is 6.92 Å². The largest absolute Gasteiger partial charge is 0.204 e. The lowest BCUT2D eigenvalue weighted by molar-refractivity contribution is 0.193. The fraction of sp³-hybridized carbons (Fsp3) is 0.700. The zero-order valence-electron chi connectivity index (χ0n) is 14.6. The summed E-state index contributed by atoms with van der Waals surface area (Å²) in [6, 6.07) is 1.26. The van der Waals surface area contributed by atoms with Crippen LogP contribution in [0.5, 0.6) is 0 Å². The summed E-state index contributed by atoms with van der Waals surface area (Å²) in [5, 5.41) is 0. The van der Waals surface area contributed by atoms with Crippen LogP contribution in [-0.4, -0.2) is 11.5 Å². The summed E-state index contributed by atoms with van der Waals surface area (Å²) in [6.45, 7) is 2.24. The Morgan fingerprint density at radius 2 is 1.72 bits per heavy atom. The van der Waals surface area contributed by atoms with E-state index in [1.165, 1.54) is 44.6 Å². The van der Waals surface area contributed by atoms with Crippen molar-refractivity contribution in [3.8, 4) is 0 Å². The van der Waals surface area contributed by atoms with Gasteiger partial charge in [-0.05, 0) is 48.6 Å². The Kier molecular flexibility index (Phi) is 5.09. The van der Waals surface area contributed by atoms with Gasteiger partial charge >= 0.3 is 0 Å². The lowest BCUT2D eigenvalue weighted by Gasteiger charge is -2.39. The van der Waals surface area contributed by atoms with Crippen molar-refractivity contribution >= 4 is 23.5 Å². The molecule has 1 unspecified atom stereocenters. The summed E-state index contributed by atoms with van der Waals surface area (Å²) in [5.41, 5.74) is 1.18. The van der Waals surface area contributed by atoms with Crippen LogP contribution in [0.2, 0.25) is 0 Å². The average Bonchev–Trinajstić information content (AvgIpc) is 3.20. The van der Waals surface area contributed by atoms with Gasteiger partial charge in [-0.1, -0.05) is 32.6 Å². The van der Waals surface area contributed by atoms with Crippen LogP contribution in [0.1, 0.15) is 56.6 Å². The first kappa shape index (κ1) is 18.1.